The zero-order valence-corrected chi connectivity index (χ0v) is 21.2. The largest absolute Gasteiger partial charge is 0.352 e. The number of hydrogen-bond donors (Lipinski definition) is 2. The molecule has 0 bridgehead atoms. The Kier molecular flexibility index (Phi) is 6.82. The van der Waals surface area contributed by atoms with Gasteiger partial charge in [0.1, 0.15) is 0 Å². The van der Waals surface area contributed by atoms with E-state index in [1.54, 1.807) is 6.20 Å². The van der Waals surface area contributed by atoms with Gasteiger partial charge in [0.05, 0.1) is 17.8 Å². The zero-order chi connectivity index (χ0) is 25.1. The molecule has 2 aromatic carbocycles. The highest BCUT2D eigenvalue weighted by molar-refractivity contribution is 7.80. The van der Waals surface area contributed by atoms with Gasteiger partial charge >= 0.3 is 0 Å². The van der Waals surface area contributed by atoms with Crippen LogP contribution in [0.1, 0.15) is 41.0 Å². The van der Waals surface area contributed by atoms with E-state index in [0.717, 1.165) is 28.3 Å². The smallest absolute Gasteiger partial charge is 0.226 e. The third kappa shape index (κ3) is 5.02. The maximum atomic E-state index is 12.8. The number of pyridine rings is 1. The Balaban J connectivity index is 1.44. The average molecular weight is 496 g/mol. The van der Waals surface area contributed by atoms with Crippen LogP contribution in [0.2, 0.25) is 0 Å². The van der Waals surface area contributed by atoms with E-state index < -0.39 is 0 Å². The Morgan fingerprint density at radius 2 is 1.83 bits per heavy atom. The molecule has 2 aromatic heterocycles. The number of aromatic nitrogens is 2. The number of thiocarbonyl (C=S) groups is 1. The topological polar surface area (TPSA) is 62.2 Å². The number of hydrogen-bond acceptors (Lipinski definition) is 3. The molecule has 36 heavy (non-hydrogen) atoms. The Morgan fingerprint density at radius 1 is 1.00 bits per heavy atom. The lowest BCUT2D eigenvalue weighted by Crippen LogP contribution is -2.33. The van der Waals surface area contributed by atoms with Crippen LogP contribution >= 0.6 is 12.2 Å². The molecule has 182 valence electrons. The SMILES string of the molecule is Cc1ccc(NC(=O)CCN2C(=S)N[C@@H](c3ccccn3)[C@@H]2c2cccn2-c2cccc(C)c2)cc1. The van der Waals surface area contributed by atoms with E-state index in [1.165, 1.54) is 5.56 Å². The first-order valence-corrected chi connectivity index (χ1v) is 12.5. The summed E-state index contributed by atoms with van der Waals surface area (Å²) in [4.78, 5) is 19.6. The summed E-state index contributed by atoms with van der Waals surface area (Å²) in [6, 6.07) is 26.1. The molecule has 1 amide bonds. The molecule has 0 aliphatic carbocycles. The molecule has 0 unspecified atom stereocenters. The van der Waals surface area contributed by atoms with Gasteiger partial charge in [-0.3, -0.25) is 9.78 Å². The minimum absolute atomic E-state index is 0.0456. The van der Waals surface area contributed by atoms with E-state index in [2.05, 4.69) is 74.6 Å². The van der Waals surface area contributed by atoms with Crippen molar-refractivity contribution in [3.8, 4) is 5.69 Å². The number of anilines is 1. The predicted octanol–water partition coefficient (Wildman–Crippen LogP) is 5.49. The summed E-state index contributed by atoms with van der Waals surface area (Å²) < 4.78 is 2.20. The molecule has 1 aliphatic rings. The van der Waals surface area contributed by atoms with Crippen LogP contribution in [0, 0.1) is 13.8 Å². The number of amides is 1. The summed E-state index contributed by atoms with van der Waals surface area (Å²) >= 11 is 5.79. The van der Waals surface area contributed by atoms with Gasteiger partial charge in [-0.15, -0.1) is 0 Å². The second-order valence-electron chi connectivity index (χ2n) is 9.13. The monoisotopic (exact) mass is 495 g/mol. The van der Waals surface area contributed by atoms with E-state index in [4.69, 9.17) is 12.2 Å². The molecule has 0 spiro atoms. The summed E-state index contributed by atoms with van der Waals surface area (Å²) in [7, 11) is 0. The van der Waals surface area contributed by atoms with Crippen molar-refractivity contribution in [2.45, 2.75) is 32.4 Å². The summed E-state index contributed by atoms with van der Waals surface area (Å²) in [6.45, 7) is 4.60. The summed E-state index contributed by atoms with van der Waals surface area (Å²) in [5.41, 5.74) is 6.23. The van der Waals surface area contributed by atoms with Crippen LogP contribution in [-0.2, 0) is 4.79 Å². The van der Waals surface area contributed by atoms with Gasteiger partial charge in [0.25, 0.3) is 0 Å². The highest BCUT2D eigenvalue weighted by atomic mass is 32.1. The number of benzene rings is 2. The van der Waals surface area contributed by atoms with Gasteiger partial charge in [0, 0.05) is 42.4 Å². The Bertz CT molecular complexity index is 1370. The Hall–Kier alpha value is -3.97. The minimum atomic E-state index is -0.141. The third-order valence-electron chi connectivity index (χ3n) is 6.48. The van der Waals surface area contributed by atoms with Gasteiger partial charge in [-0.25, -0.2) is 0 Å². The molecule has 2 N–H and O–H groups in total. The highest BCUT2D eigenvalue weighted by Crippen LogP contribution is 2.39. The lowest BCUT2D eigenvalue weighted by atomic mass is 10.0. The quantitative estimate of drug-likeness (QED) is 0.332. The zero-order valence-electron chi connectivity index (χ0n) is 20.4. The molecule has 4 aromatic rings. The number of carbonyl (C=O) groups excluding carboxylic acids is 1. The van der Waals surface area contributed by atoms with Crippen LogP contribution in [0.25, 0.3) is 5.69 Å². The van der Waals surface area contributed by atoms with Gasteiger partial charge in [-0.05, 0) is 80.2 Å². The first-order chi connectivity index (χ1) is 17.5. The molecule has 3 heterocycles. The van der Waals surface area contributed by atoms with Crippen molar-refractivity contribution in [1.82, 2.24) is 19.8 Å². The van der Waals surface area contributed by atoms with Crippen molar-refractivity contribution >= 4 is 28.9 Å². The molecule has 1 fully saturated rings. The van der Waals surface area contributed by atoms with Crippen LogP contribution < -0.4 is 10.6 Å². The number of carbonyl (C=O) groups is 1. The molecular formula is C29H29N5OS. The van der Waals surface area contributed by atoms with Crippen LogP contribution in [0.4, 0.5) is 5.69 Å². The van der Waals surface area contributed by atoms with Gasteiger partial charge < -0.3 is 20.1 Å². The van der Waals surface area contributed by atoms with E-state index in [0.29, 0.717) is 18.1 Å². The van der Waals surface area contributed by atoms with Crippen molar-refractivity contribution in [1.29, 1.82) is 0 Å². The maximum absolute atomic E-state index is 12.8. The van der Waals surface area contributed by atoms with Crippen LogP contribution in [0.15, 0.2) is 91.3 Å². The maximum Gasteiger partial charge on any atom is 0.226 e. The van der Waals surface area contributed by atoms with Gasteiger partial charge in [0.2, 0.25) is 5.91 Å². The minimum Gasteiger partial charge on any atom is -0.352 e. The van der Waals surface area contributed by atoms with Crippen LogP contribution in [-0.4, -0.2) is 32.0 Å². The molecule has 1 aliphatic heterocycles. The highest BCUT2D eigenvalue weighted by Gasteiger charge is 2.41. The van der Waals surface area contributed by atoms with E-state index in [1.807, 2.05) is 49.4 Å². The predicted molar refractivity (Wildman–Crippen MR) is 147 cm³/mol. The second-order valence-corrected chi connectivity index (χ2v) is 9.51. The van der Waals surface area contributed by atoms with Crippen molar-refractivity contribution < 1.29 is 4.79 Å². The summed E-state index contributed by atoms with van der Waals surface area (Å²) in [5, 5.41) is 7.10. The van der Waals surface area contributed by atoms with Gasteiger partial charge in [-0.2, -0.15) is 0 Å². The van der Waals surface area contributed by atoms with Gasteiger partial charge in [-0.1, -0.05) is 35.9 Å². The van der Waals surface area contributed by atoms with Crippen molar-refractivity contribution in [2.75, 3.05) is 11.9 Å². The molecular weight excluding hydrogens is 466 g/mol. The second kappa shape index (κ2) is 10.3. The standard InChI is InChI=1S/C29H29N5OS/c1-20-11-13-22(14-12-20)31-26(35)15-18-34-28(27(32-29(34)36)24-9-3-4-16-30-24)25-10-6-17-33(25)23-8-5-7-21(2)19-23/h3-14,16-17,19,27-28H,15,18H2,1-2H3,(H,31,35)(H,32,36)/t27-,28-/m0/s1. The summed E-state index contributed by atoms with van der Waals surface area (Å²) in [5.74, 6) is -0.0456. The lowest BCUT2D eigenvalue weighted by Gasteiger charge is -2.29. The van der Waals surface area contributed by atoms with Crippen molar-refractivity contribution in [3.05, 3.63) is 114 Å². The number of rotatable bonds is 7. The lowest BCUT2D eigenvalue weighted by molar-refractivity contribution is -0.116. The molecule has 7 heteroatoms. The first kappa shape index (κ1) is 23.8. The van der Waals surface area contributed by atoms with Crippen molar-refractivity contribution in [2.24, 2.45) is 0 Å². The average Bonchev–Trinajstić information content (AvgIpc) is 3.49. The third-order valence-corrected chi connectivity index (χ3v) is 6.83. The fourth-order valence-corrected chi connectivity index (χ4v) is 5.03. The van der Waals surface area contributed by atoms with E-state index in [9.17, 15) is 4.79 Å². The number of nitrogens with zero attached hydrogens (tertiary/aromatic N) is 3. The number of nitrogens with one attached hydrogen (secondary N) is 2. The van der Waals surface area contributed by atoms with E-state index in [-0.39, 0.29) is 18.0 Å². The Labute approximate surface area is 217 Å². The van der Waals surface area contributed by atoms with Crippen molar-refractivity contribution in [3.63, 3.8) is 0 Å². The summed E-state index contributed by atoms with van der Waals surface area (Å²) in [6.07, 6.45) is 4.18. The van der Waals surface area contributed by atoms with Crippen LogP contribution in [0.3, 0.4) is 0 Å². The molecule has 1 saturated heterocycles. The molecule has 0 radical (unpaired) electrons. The van der Waals surface area contributed by atoms with Gasteiger partial charge in [0.15, 0.2) is 5.11 Å². The van der Waals surface area contributed by atoms with Crippen LogP contribution in [0.5, 0.6) is 0 Å². The molecule has 0 saturated carbocycles. The first-order valence-electron chi connectivity index (χ1n) is 12.1. The Morgan fingerprint density at radius 3 is 2.58 bits per heavy atom. The van der Waals surface area contributed by atoms with E-state index >= 15 is 0 Å². The number of aryl methyl sites for hydroxylation is 2. The molecule has 6 nitrogen and oxygen atoms in total. The fraction of sp³-hybridized carbons (Fsp3) is 0.207. The fourth-order valence-electron chi connectivity index (χ4n) is 4.70. The molecule has 2 atom stereocenters. The normalized spacial score (nSPS) is 17.2. The molecule has 5 rings (SSSR count).